The highest BCUT2D eigenvalue weighted by molar-refractivity contribution is 5.78. The average Bonchev–Trinajstić information content (AvgIpc) is 3.45. The van der Waals surface area contributed by atoms with Gasteiger partial charge in [-0.05, 0) is 37.5 Å². The van der Waals surface area contributed by atoms with Crippen molar-refractivity contribution < 1.29 is 9.63 Å². The molecule has 2 aliphatic rings. The van der Waals surface area contributed by atoms with E-state index in [4.69, 9.17) is 15.8 Å². The first-order chi connectivity index (χ1) is 13.2. The number of hydrogen-bond donors (Lipinski definition) is 1. The van der Waals surface area contributed by atoms with Gasteiger partial charge in [0.05, 0.1) is 18.2 Å². The summed E-state index contributed by atoms with van der Waals surface area (Å²) in [5, 5.41) is 12.2. The Morgan fingerprint density at radius 1 is 1.15 bits per heavy atom. The number of benzene rings is 1. The van der Waals surface area contributed by atoms with E-state index in [1.165, 1.54) is 32.1 Å². The molecule has 1 amide bonds. The molecule has 1 aromatic carbocycles. The summed E-state index contributed by atoms with van der Waals surface area (Å²) >= 11 is 0. The lowest BCUT2D eigenvalue weighted by atomic mass is 10.2. The van der Waals surface area contributed by atoms with E-state index >= 15 is 0 Å². The van der Waals surface area contributed by atoms with Crippen LogP contribution in [0.2, 0.25) is 0 Å². The van der Waals surface area contributed by atoms with Crippen LogP contribution in [0.1, 0.15) is 63.0 Å². The number of carbonyl (C=O) groups excluding carboxylic acids is 1. The monoisotopic (exact) mass is 372 g/mol. The first kappa shape index (κ1) is 22.7. The predicted molar refractivity (Wildman–Crippen MR) is 108 cm³/mol. The lowest BCUT2D eigenvalue weighted by Crippen LogP contribution is -2.33. The van der Waals surface area contributed by atoms with Crippen LogP contribution < -0.4 is 5.73 Å². The van der Waals surface area contributed by atoms with Gasteiger partial charge < -0.3 is 15.5 Å². The van der Waals surface area contributed by atoms with Crippen LogP contribution in [-0.2, 0) is 16.2 Å². The number of hydrogen-bond acceptors (Lipinski definition) is 5. The van der Waals surface area contributed by atoms with Crippen molar-refractivity contribution in [2.24, 2.45) is 10.9 Å². The first-order valence-corrected chi connectivity index (χ1v) is 9.78. The largest absolute Gasteiger partial charge is 0.391 e. The van der Waals surface area contributed by atoms with E-state index in [1.54, 1.807) is 25.3 Å². The van der Waals surface area contributed by atoms with Gasteiger partial charge in [-0.2, -0.15) is 5.26 Å². The second-order valence-corrected chi connectivity index (χ2v) is 6.51. The molecule has 1 aliphatic carbocycles. The van der Waals surface area contributed by atoms with Crippen molar-refractivity contribution in [2.45, 2.75) is 58.5 Å². The van der Waals surface area contributed by atoms with E-state index < -0.39 is 0 Å². The maximum Gasteiger partial charge on any atom is 0.236 e. The molecule has 148 valence electrons. The van der Waals surface area contributed by atoms with Gasteiger partial charge in [-0.15, -0.1) is 0 Å². The van der Waals surface area contributed by atoms with Crippen LogP contribution in [0.4, 0.5) is 0 Å². The highest BCUT2D eigenvalue weighted by Crippen LogP contribution is 2.15. The molecule has 1 aromatic rings. The van der Waals surface area contributed by atoms with Crippen molar-refractivity contribution in [3.8, 4) is 6.07 Å². The van der Waals surface area contributed by atoms with Crippen molar-refractivity contribution in [1.82, 2.24) is 4.90 Å². The standard InChI is InChI=1S/C10H10N2O.C6H12N2O.C5H10/c1-2-12-13-8-10-5-3-9(7-11)4-6-10;7-5-6(9)8-3-1-2-4-8;1-2-4-5-3-1/h2-6H,8H2,1H3;1-5,7H2;1-5H2/b12-2-;;. The Kier molecular flexibility index (Phi) is 12.4. The molecule has 0 atom stereocenters. The topological polar surface area (TPSA) is 91.7 Å². The SMILES string of the molecule is C/C=N\OCc1ccc(C#N)cc1.C1CCCC1.NCC(=O)N1CCCC1. The van der Waals surface area contributed by atoms with Crippen molar-refractivity contribution in [3.05, 3.63) is 35.4 Å². The second kappa shape index (κ2) is 14.7. The molecular formula is C21H32N4O2. The molecule has 0 aromatic heterocycles. The fraction of sp³-hybridized carbons (Fsp3) is 0.571. The van der Waals surface area contributed by atoms with Crippen molar-refractivity contribution >= 4 is 12.1 Å². The van der Waals surface area contributed by atoms with E-state index in [0.29, 0.717) is 12.2 Å². The normalized spacial score (nSPS) is 15.4. The third-order valence-corrected chi connectivity index (χ3v) is 4.38. The fourth-order valence-electron chi connectivity index (χ4n) is 2.84. The van der Waals surface area contributed by atoms with Crippen molar-refractivity contribution in [3.63, 3.8) is 0 Å². The molecule has 0 spiro atoms. The van der Waals surface area contributed by atoms with Crippen LogP contribution in [0.15, 0.2) is 29.4 Å². The van der Waals surface area contributed by atoms with Crippen LogP contribution in [0.5, 0.6) is 0 Å². The van der Waals surface area contributed by atoms with Crippen LogP contribution in [0.25, 0.3) is 0 Å². The predicted octanol–water partition coefficient (Wildman–Crippen LogP) is 3.60. The molecule has 0 bridgehead atoms. The molecule has 3 rings (SSSR count). The number of nitrogens with zero attached hydrogens (tertiary/aromatic N) is 3. The van der Waals surface area contributed by atoms with Crippen molar-refractivity contribution in [2.75, 3.05) is 19.6 Å². The van der Waals surface area contributed by atoms with Crippen molar-refractivity contribution in [1.29, 1.82) is 5.26 Å². The van der Waals surface area contributed by atoms with Gasteiger partial charge >= 0.3 is 0 Å². The summed E-state index contributed by atoms with van der Waals surface area (Å²) < 4.78 is 0. The number of nitrogens with two attached hydrogens (primary N) is 1. The smallest absolute Gasteiger partial charge is 0.236 e. The van der Waals surface area contributed by atoms with E-state index in [-0.39, 0.29) is 12.5 Å². The molecule has 6 heteroatoms. The van der Waals surface area contributed by atoms with Gasteiger partial charge in [0.15, 0.2) is 0 Å². The molecular weight excluding hydrogens is 340 g/mol. The van der Waals surface area contributed by atoms with Crippen LogP contribution in [-0.4, -0.2) is 36.7 Å². The lowest BCUT2D eigenvalue weighted by molar-refractivity contribution is -0.128. The van der Waals surface area contributed by atoms with Gasteiger partial charge in [0.25, 0.3) is 0 Å². The minimum Gasteiger partial charge on any atom is -0.391 e. The quantitative estimate of drug-likeness (QED) is 0.646. The molecule has 2 fully saturated rings. The third-order valence-electron chi connectivity index (χ3n) is 4.38. The molecule has 1 heterocycles. The Morgan fingerprint density at radius 2 is 1.70 bits per heavy atom. The van der Waals surface area contributed by atoms with Gasteiger partial charge in [-0.1, -0.05) is 49.4 Å². The molecule has 27 heavy (non-hydrogen) atoms. The number of rotatable bonds is 4. The lowest BCUT2D eigenvalue weighted by Gasteiger charge is -2.12. The molecule has 0 radical (unpaired) electrons. The number of amides is 1. The molecule has 1 aliphatic heterocycles. The zero-order valence-corrected chi connectivity index (χ0v) is 16.4. The summed E-state index contributed by atoms with van der Waals surface area (Å²) in [5.41, 5.74) is 6.82. The Labute approximate surface area is 163 Å². The Morgan fingerprint density at radius 3 is 2.15 bits per heavy atom. The highest BCUT2D eigenvalue weighted by Gasteiger charge is 2.15. The minimum absolute atomic E-state index is 0.0903. The summed E-state index contributed by atoms with van der Waals surface area (Å²) in [5.74, 6) is 0.0903. The van der Waals surface area contributed by atoms with E-state index in [0.717, 1.165) is 31.5 Å². The summed E-state index contributed by atoms with van der Waals surface area (Å²) in [4.78, 5) is 17.6. The maximum atomic E-state index is 10.8. The molecule has 6 nitrogen and oxygen atoms in total. The first-order valence-electron chi connectivity index (χ1n) is 9.78. The zero-order chi connectivity index (χ0) is 19.7. The van der Waals surface area contributed by atoms with Gasteiger partial charge in [-0.3, -0.25) is 4.79 Å². The number of likely N-dealkylation sites (tertiary alicyclic amines) is 1. The Hall–Kier alpha value is -2.39. The third kappa shape index (κ3) is 10.4. The van der Waals surface area contributed by atoms with Gasteiger partial charge in [0, 0.05) is 19.3 Å². The summed E-state index contributed by atoms with van der Waals surface area (Å²) in [6, 6.07) is 9.27. The molecule has 2 N–H and O–H groups in total. The molecule has 0 unspecified atom stereocenters. The fourth-order valence-corrected chi connectivity index (χ4v) is 2.84. The summed E-state index contributed by atoms with van der Waals surface area (Å²) in [7, 11) is 0. The zero-order valence-electron chi connectivity index (χ0n) is 16.4. The van der Waals surface area contributed by atoms with E-state index in [1.807, 2.05) is 17.0 Å². The Bertz CT molecular complexity index is 576. The van der Waals surface area contributed by atoms with Gasteiger partial charge in [0.2, 0.25) is 5.91 Å². The Balaban J connectivity index is 0.000000224. The molecule has 1 saturated carbocycles. The number of carbonyl (C=O) groups is 1. The van der Waals surface area contributed by atoms with Crippen LogP contribution in [0.3, 0.4) is 0 Å². The number of oxime groups is 1. The maximum absolute atomic E-state index is 10.8. The molecule has 1 saturated heterocycles. The highest BCUT2D eigenvalue weighted by atomic mass is 16.6. The average molecular weight is 373 g/mol. The van der Waals surface area contributed by atoms with E-state index in [2.05, 4.69) is 11.2 Å². The van der Waals surface area contributed by atoms with Gasteiger partial charge in [-0.25, -0.2) is 0 Å². The van der Waals surface area contributed by atoms with Crippen LogP contribution in [0, 0.1) is 11.3 Å². The second-order valence-electron chi connectivity index (χ2n) is 6.51. The summed E-state index contributed by atoms with van der Waals surface area (Å²) in [6.07, 6.45) is 11.4. The van der Waals surface area contributed by atoms with Crippen LogP contribution >= 0.6 is 0 Å². The summed E-state index contributed by atoms with van der Waals surface area (Å²) in [6.45, 7) is 4.22. The minimum atomic E-state index is 0.0903. The number of nitriles is 1. The van der Waals surface area contributed by atoms with Gasteiger partial charge in [0.1, 0.15) is 6.61 Å². The van der Waals surface area contributed by atoms with E-state index in [9.17, 15) is 4.79 Å².